The zero-order valence-corrected chi connectivity index (χ0v) is 12.4. The summed E-state index contributed by atoms with van der Waals surface area (Å²) in [5, 5.41) is 19.6. The normalized spacial score (nSPS) is 34.0. The van der Waals surface area contributed by atoms with E-state index in [1.165, 1.54) is 18.4 Å². The second-order valence-electron chi connectivity index (χ2n) is 6.53. The van der Waals surface area contributed by atoms with E-state index in [2.05, 4.69) is 17.9 Å². The molecule has 2 saturated heterocycles. The van der Waals surface area contributed by atoms with Gasteiger partial charge >= 0.3 is 0 Å². The molecule has 0 amide bonds. The molecular weight excluding hydrogens is 238 g/mol. The molecule has 19 heavy (non-hydrogen) atoms. The average molecular weight is 267 g/mol. The highest BCUT2D eigenvalue weighted by Crippen LogP contribution is 2.30. The number of rotatable bonds is 4. The Morgan fingerprint density at radius 1 is 1.32 bits per heavy atom. The predicted molar refractivity (Wildman–Crippen MR) is 78.0 cm³/mol. The van der Waals surface area contributed by atoms with Crippen LogP contribution in [0.5, 0.6) is 0 Å². The number of aliphatic hydroxyl groups is 2. The molecule has 0 saturated carbocycles. The maximum Gasteiger partial charge on any atom is 0.0733 e. The second-order valence-corrected chi connectivity index (χ2v) is 6.53. The summed E-state index contributed by atoms with van der Waals surface area (Å²) in [6, 6.07) is 0.402. The summed E-state index contributed by atoms with van der Waals surface area (Å²) >= 11 is 0. The number of hydrogen-bond donors (Lipinski definition) is 2. The van der Waals surface area contributed by atoms with Crippen LogP contribution in [0, 0.1) is 5.92 Å². The topological polar surface area (TPSA) is 43.7 Å². The van der Waals surface area contributed by atoms with Crippen molar-refractivity contribution in [1.82, 2.24) is 4.90 Å². The van der Waals surface area contributed by atoms with Gasteiger partial charge in [0.1, 0.15) is 0 Å². The summed E-state index contributed by atoms with van der Waals surface area (Å²) in [4.78, 5) is 2.46. The third-order valence-corrected chi connectivity index (χ3v) is 4.55. The quantitative estimate of drug-likeness (QED) is 0.768. The maximum absolute atomic E-state index is 10.3. The van der Waals surface area contributed by atoms with E-state index in [1.54, 1.807) is 0 Å². The lowest BCUT2D eigenvalue weighted by atomic mass is 9.87. The Morgan fingerprint density at radius 3 is 2.84 bits per heavy atom. The average Bonchev–Trinajstić information content (AvgIpc) is 2.36. The Hall–Kier alpha value is -0.380. The van der Waals surface area contributed by atoms with Crippen LogP contribution in [0.25, 0.3) is 0 Å². The van der Waals surface area contributed by atoms with Crippen molar-refractivity contribution in [2.45, 2.75) is 70.6 Å². The monoisotopic (exact) mass is 267 g/mol. The molecule has 2 fully saturated rings. The summed E-state index contributed by atoms with van der Waals surface area (Å²) < 4.78 is 0. The van der Waals surface area contributed by atoms with Crippen LogP contribution in [0.3, 0.4) is 0 Å². The van der Waals surface area contributed by atoms with Gasteiger partial charge in [0.2, 0.25) is 0 Å². The van der Waals surface area contributed by atoms with Gasteiger partial charge in [-0.1, -0.05) is 25.0 Å². The lowest BCUT2D eigenvalue weighted by Gasteiger charge is -2.43. The molecule has 2 rings (SSSR count). The smallest absolute Gasteiger partial charge is 0.0733 e. The van der Waals surface area contributed by atoms with E-state index >= 15 is 0 Å². The Kier molecular flexibility index (Phi) is 5.43. The van der Waals surface area contributed by atoms with Crippen LogP contribution >= 0.6 is 0 Å². The van der Waals surface area contributed by atoms with Crippen molar-refractivity contribution in [3.8, 4) is 0 Å². The first-order valence-electron chi connectivity index (χ1n) is 7.86. The van der Waals surface area contributed by atoms with Crippen LogP contribution in [0.15, 0.2) is 11.6 Å². The zero-order valence-electron chi connectivity index (χ0n) is 12.4. The Balaban J connectivity index is 1.90. The highest BCUT2D eigenvalue weighted by atomic mass is 16.3. The van der Waals surface area contributed by atoms with Gasteiger partial charge in [0.15, 0.2) is 0 Å². The van der Waals surface area contributed by atoms with Gasteiger partial charge in [0.25, 0.3) is 0 Å². The number of fused-ring (bicyclic) bond motifs is 1. The highest BCUT2D eigenvalue weighted by molar-refractivity contribution is 5.13. The summed E-state index contributed by atoms with van der Waals surface area (Å²) in [6.45, 7) is 6.24. The number of allylic oxidation sites excluding steroid dienone is 1. The van der Waals surface area contributed by atoms with Crippen molar-refractivity contribution < 1.29 is 10.2 Å². The molecule has 4 atom stereocenters. The summed E-state index contributed by atoms with van der Waals surface area (Å²) in [6.07, 6.45) is 8.38. The molecule has 110 valence electrons. The van der Waals surface area contributed by atoms with Gasteiger partial charge in [-0.3, -0.25) is 4.90 Å². The molecule has 0 bridgehead atoms. The Bertz CT molecular complexity index is 314. The highest BCUT2D eigenvalue weighted by Gasteiger charge is 2.33. The van der Waals surface area contributed by atoms with Crippen molar-refractivity contribution in [3.63, 3.8) is 0 Å². The molecule has 3 heteroatoms. The van der Waals surface area contributed by atoms with Gasteiger partial charge in [-0.25, -0.2) is 0 Å². The van der Waals surface area contributed by atoms with Crippen molar-refractivity contribution in [3.05, 3.63) is 11.6 Å². The molecule has 3 nitrogen and oxygen atoms in total. The Labute approximate surface area is 117 Å². The van der Waals surface area contributed by atoms with E-state index in [1.807, 2.05) is 6.92 Å². The fourth-order valence-electron chi connectivity index (χ4n) is 3.49. The van der Waals surface area contributed by atoms with Gasteiger partial charge in [0.05, 0.1) is 12.2 Å². The molecule has 2 N–H and O–H groups in total. The van der Waals surface area contributed by atoms with Crippen LogP contribution < -0.4 is 0 Å². The largest absolute Gasteiger partial charge is 0.393 e. The first-order valence-corrected chi connectivity index (χ1v) is 7.86. The van der Waals surface area contributed by atoms with Crippen LogP contribution in [0.4, 0.5) is 0 Å². The van der Waals surface area contributed by atoms with E-state index in [4.69, 9.17) is 0 Å². The zero-order chi connectivity index (χ0) is 13.8. The lowest BCUT2D eigenvalue weighted by Crippen LogP contribution is -2.51. The van der Waals surface area contributed by atoms with E-state index in [0.717, 1.165) is 38.8 Å². The SMILES string of the molecule is CC(O)CCC(C)/C=C1/CC(O)C2CCCCN2C1. The van der Waals surface area contributed by atoms with E-state index < -0.39 is 0 Å². The standard InChI is InChI=1S/C16H29NO2/c1-12(6-7-13(2)18)9-14-10-16(19)15-5-3-4-8-17(15)11-14/h9,12-13,15-16,18-19H,3-8,10-11H2,1-2H3/b14-9-. The van der Waals surface area contributed by atoms with Gasteiger partial charge < -0.3 is 10.2 Å². The van der Waals surface area contributed by atoms with Gasteiger partial charge in [-0.05, 0) is 51.5 Å². The maximum atomic E-state index is 10.3. The lowest BCUT2D eigenvalue weighted by molar-refractivity contribution is 0.0109. The second kappa shape index (κ2) is 6.87. The number of aliphatic hydroxyl groups excluding tert-OH is 2. The minimum Gasteiger partial charge on any atom is -0.393 e. The van der Waals surface area contributed by atoms with Crippen molar-refractivity contribution >= 4 is 0 Å². The predicted octanol–water partition coefficient (Wildman–Crippen LogP) is 2.33. The molecule has 2 aliphatic rings. The number of piperidine rings is 2. The molecule has 4 unspecified atom stereocenters. The number of hydrogen-bond acceptors (Lipinski definition) is 3. The van der Waals surface area contributed by atoms with Gasteiger partial charge in [0, 0.05) is 12.6 Å². The molecule has 0 aliphatic carbocycles. The molecule has 2 aliphatic heterocycles. The summed E-state index contributed by atoms with van der Waals surface area (Å²) in [5.74, 6) is 0.498. The van der Waals surface area contributed by atoms with Crippen LogP contribution in [0.1, 0.15) is 52.4 Å². The van der Waals surface area contributed by atoms with Crippen molar-refractivity contribution in [1.29, 1.82) is 0 Å². The van der Waals surface area contributed by atoms with Gasteiger partial charge in [-0.2, -0.15) is 0 Å². The summed E-state index contributed by atoms with van der Waals surface area (Å²) in [5.41, 5.74) is 1.39. The summed E-state index contributed by atoms with van der Waals surface area (Å²) in [7, 11) is 0. The van der Waals surface area contributed by atoms with Crippen LogP contribution in [-0.2, 0) is 0 Å². The van der Waals surface area contributed by atoms with E-state index in [-0.39, 0.29) is 12.2 Å². The molecule has 0 radical (unpaired) electrons. The molecule has 0 aromatic rings. The number of nitrogens with zero attached hydrogens (tertiary/aromatic N) is 1. The minimum atomic E-state index is -0.204. The van der Waals surface area contributed by atoms with Crippen LogP contribution in [-0.4, -0.2) is 46.5 Å². The molecule has 0 aromatic carbocycles. The molecule has 0 spiro atoms. The third-order valence-electron chi connectivity index (χ3n) is 4.55. The third kappa shape index (κ3) is 4.30. The fraction of sp³-hybridized carbons (Fsp3) is 0.875. The van der Waals surface area contributed by atoms with E-state index in [9.17, 15) is 10.2 Å². The van der Waals surface area contributed by atoms with Crippen molar-refractivity contribution in [2.75, 3.05) is 13.1 Å². The van der Waals surface area contributed by atoms with Crippen LogP contribution in [0.2, 0.25) is 0 Å². The van der Waals surface area contributed by atoms with Gasteiger partial charge in [-0.15, -0.1) is 0 Å². The van der Waals surface area contributed by atoms with Crippen molar-refractivity contribution in [2.24, 2.45) is 5.92 Å². The minimum absolute atomic E-state index is 0.177. The Morgan fingerprint density at radius 2 is 2.11 bits per heavy atom. The molecular formula is C16H29NO2. The first kappa shape index (κ1) is 15.0. The molecule has 2 heterocycles. The fourth-order valence-corrected chi connectivity index (χ4v) is 3.49. The first-order chi connectivity index (χ1) is 9.06. The molecule has 0 aromatic heterocycles. The van der Waals surface area contributed by atoms with E-state index in [0.29, 0.717) is 12.0 Å².